The molecule has 2 rings (SSSR count). The van der Waals surface area contributed by atoms with E-state index in [0.29, 0.717) is 19.5 Å². The van der Waals surface area contributed by atoms with Crippen LogP contribution in [0.25, 0.3) is 12.2 Å². The monoisotopic (exact) mass is 489 g/mol. The third-order valence-electron chi connectivity index (χ3n) is 4.70. The van der Waals surface area contributed by atoms with Crippen LogP contribution in [-0.4, -0.2) is 55.2 Å². The van der Waals surface area contributed by atoms with E-state index in [1.165, 1.54) is 0 Å². The average Bonchev–Trinajstić information content (AvgIpc) is 2.80. The van der Waals surface area contributed by atoms with Crippen molar-refractivity contribution in [3.63, 3.8) is 0 Å². The lowest BCUT2D eigenvalue weighted by atomic mass is 10.1. The Morgan fingerprint density at radius 1 is 1.06 bits per heavy atom. The van der Waals surface area contributed by atoms with Crippen LogP contribution in [0.4, 0.5) is 5.69 Å². The molecular formula is C24H33N4O3S2+. The molecule has 0 radical (unpaired) electrons. The summed E-state index contributed by atoms with van der Waals surface area (Å²) in [5.74, 6) is 1.08. The highest BCUT2D eigenvalue weighted by Gasteiger charge is 2.06. The van der Waals surface area contributed by atoms with Crippen LogP contribution in [0.2, 0.25) is 0 Å². The number of likely N-dealkylation sites (N-methyl/N-ethyl adjacent to an activating group) is 1. The summed E-state index contributed by atoms with van der Waals surface area (Å²) in [4.78, 5) is 24.4. The first-order valence-corrected chi connectivity index (χ1v) is 13.4. The molecule has 1 aromatic heterocycles. The van der Waals surface area contributed by atoms with E-state index in [9.17, 15) is 9.59 Å². The van der Waals surface area contributed by atoms with Crippen molar-refractivity contribution in [3.05, 3.63) is 59.9 Å². The van der Waals surface area contributed by atoms with Gasteiger partial charge >= 0.3 is 5.97 Å². The van der Waals surface area contributed by atoms with E-state index in [4.69, 9.17) is 10.8 Å². The summed E-state index contributed by atoms with van der Waals surface area (Å²) in [6.07, 6.45) is 9.42. The van der Waals surface area contributed by atoms with Gasteiger partial charge in [-0.15, -0.1) is 0 Å². The molecular weight excluding hydrogens is 456 g/mol. The molecule has 0 aliphatic carbocycles. The first kappa shape index (κ1) is 26.8. The normalized spacial score (nSPS) is 11.0. The smallest absolute Gasteiger partial charge is 0.323 e. The Bertz CT molecular complexity index is 890. The van der Waals surface area contributed by atoms with Crippen molar-refractivity contribution in [2.75, 3.05) is 43.1 Å². The minimum absolute atomic E-state index is 0.0299. The molecule has 0 saturated heterocycles. The second kappa shape index (κ2) is 15.4. The van der Waals surface area contributed by atoms with E-state index in [1.54, 1.807) is 33.5 Å². The Morgan fingerprint density at radius 3 is 2.33 bits per heavy atom. The van der Waals surface area contributed by atoms with Gasteiger partial charge in [0.2, 0.25) is 5.91 Å². The number of hydrogen-bond donors (Lipinski definition) is 3. The van der Waals surface area contributed by atoms with Crippen molar-refractivity contribution in [2.24, 2.45) is 5.73 Å². The first-order valence-electron chi connectivity index (χ1n) is 10.9. The Balaban J connectivity index is 1.70. The molecule has 4 N–H and O–H groups in total. The van der Waals surface area contributed by atoms with Crippen LogP contribution in [0.15, 0.2) is 48.8 Å². The molecule has 0 aliphatic heterocycles. The second-order valence-corrected chi connectivity index (χ2v) is 10.1. The fourth-order valence-corrected chi connectivity index (χ4v) is 4.73. The Hall–Kier alpha value is -2.49. The zero-order valence-corrected chi connectivity index (χ0v) is 20.6. The van der Waals surface area contributed by atoms with Crippen LogP contribution in [0.5, 0.6) is 0 Å². The van der Waals surface area contributed by atoms with Gasteiger partial charge in [-0.1, -0.05) is 45.9 Å². The van der Waals surface area contributed by atoms with Gasteiger partial charge in [0.25, 0.3) is 0 Å². The molecule has 0 atom stereocenters. The van der Waals surface area contributed by atoms with Crippen LogP contribution in [-0.2, 0) is 16.1 Å². The van der Waals surface area contributed by atoms with Crippen molar-refractivity contribution in [1.82, 2.24) is 5.32 Å². The van der Waals surface area contributed by atoms with E-state index in [0.717, 1.165) is 41.3 Å². The molecule has 0 saturated carbocycles. The lowest BCUT2D eigenvalue weighted by molar-refractivity contribution is -0.697. The number of nitrogens with two attached hydrogens (primary N) is 1. The van der Waals surface area contributed by atoms with Gasteiger partial charge in [0.1, 0.15) is 13.1 Å². The molecule has 7 nitrogen and oxygen atoms in total. The number of rotatable bonds is 15. The summed E-state index contributed by atoms with van der Waals surface area (Å²) in [7, 11) is 5.24. The first-order chi connectivity index (χ1) is 16.0. The number of aromatic nitrogens is 1. The molecule has 9 heteroatoms. The number of nitrogens with one attached hydrogen (secondary N) is 1. The number of carbonyl (C=O) groups is 2. The standard InChI is InChI=1S/C24H32N4O3S2/c1-27(19-24(30)31)22-8-6-20(7-9-22)4-5-21-10-15-28(16-11-21)14-2-3-23(29)26-13-18-33-32-17-12-25/h4-11,15-16H,2-3,12-14,17-19,25H2,1H3,(H-,26,29,30,31)/p+1. The maximum absolute atomic E-state index is 11.9. The fourth-order valence-electron chi connectivity index (χ4n) is 2.96. The van der Waals surface area contributed by atoms with Gasteiger partial charge in [0.15, 0.2) is 12.4 Å². The van der Waals surface area contributed by atoms with Crippen LogP contribution in [0, 0.1) is 0 Å². The summed E-state index contributed by atoms with van der Waals surface area (Å²) in [6, 6.07) is 11.9. The summed E-state index contributed by atoms with van der Waals surface area (Å²) >= 11 is 0. The van der Waals surface area contributed by atoms with Gasteiger partial charge in [-0.05, 0) is 23.3 Å². The van der Waals surface area contributed by atoms with Crippen molar-refractivity contribution in [1.29, 1.82) is 0 Å². The van der Waals surface area contributed by atoms with Crippen LogP contribution < -0.4 is 20.5 Å². The number of pyridine rings is 1. The van der Waals surface area contributed by atoms with Crippen molar-refractivity contribution < 1.29 is 19.3 Å². The molecule has 178 valence electrons. The number of carbonyl (C=O) groups excluding carboxylic acids is 1. The number of aryl methyl sites for hydroxylation is 1. The van der Waals surface area contributed by atoms with Crippen LogP contribution >= 0.6 is 21.6 Å². The Labute approximate surface area is 203 Å². The zero-order valence-electron chi connectivity index (χ0n) is 19.0. The molecule has 1 aromatic carbocycles. The number of carboxylic acid groups (broad SMARTS) is 1. The highest BCUT2D eigenvalue weighted by Crippen LogP contribution is 2.19. The van der Waals surface area contributed by atoms with Gasteiger partial charge in [-0.2, -0.15) is 0 Å². The third kappa shape index (κ3) is 11.3. The molecule has 2 aromatic rings. The van der Waals surface area contributed by atoms with E-state index < -0.39 is 5.97 Å². The highest BCUT2D eigenvalue weighted by molar-refractivity contribution is 8.76. The molecule has 0 spiro atoms. The topological polar surface area (TPSA) is 99.5 Å². The van der Waals surface area contributed by atoms with E-state index >= 15 is 0 Å². The summed E-state index contributed by atoms with van der Waals surface area (Å²) in [6.45, 7) is 2.14. The van der Waals surface area contributed by atoms with Gasteiger partial charge in [0, 0.05) is 62.3 Å². The highest BCUT2D eigenvalue weighted by atomic mass is 33.1. The number of carboxylic acids is 1. The molecule has 0 bridgehead atoms. The molecule has 0 unspecified atom stereocenters. The van der Waals surface area contributed by atoms with Crippen molar-refractivity contribution in [2.45, 2.75) is 19.4 Å². The second-order valence-electron chi connectivity index (χ2n) is 7.43. The molecule has 1 amide bonds. The molecule has 1 heterocycles. The minimum atomic E-state index is -0.853. The number of anilines is 1. The Morgan fingerprint density at radius 2 is 1.70 bits per heavy atom. The maximum atomic E-state index is 11.9. The zero-order chi connectivity index (χ0) is 23.9. The number of amides is 1. The predicted octanol–water partition coefficient (Wildman–Crippen LogP) is 2.90. The predicted molar refractivity (Wildman–Crippen MR) is 139 cm³/mol. The largest absolute Gasteiger partial charge is 0.480 e. The van der Waals surface area contributed by atoms with Crippen molar-refractivity contribution in [3.8, 4) is 0 Å². The fraction of sp³-hybridized carbons (Fsp3) is 0.375. The summed E-state index contributed by atoms with van der Waals surface area (Å²) < 4.78 is 2.08. The third-order valence-corrected chi connectivity index (χ3v) is 7.14. The number of hydrogen-bond acceptors (Lipinski definition) is 6. The van der Waals surface area contributed by atoms with Gasteiger partial charge < -0.3 is 21.1 Å². The maximum Gasteiger partial charge on any atom is 0.323 e. The molecule has 0 aliphatic rings. The quantitative estimate of drug-likeness (QED) is 0.201. The lowest BCUT2D eigenvalue weighted by Crippen LogP contribution is -2.34. The lowest BCUT2D eigenvalue weighted by Gasteiger charge is -2.16. The Kier molecular flexibility index (Phi) is 12.5. The van der Waals surface area contributed by atoms with Gasteiger partial charge in [-0.25, -0.2) is 4.57 Å². The number of aliphatic carboxylic acids is 1. The molecule has 0 fully saturated rings. The number of nitrogens with zero attached hydrogens (tertiary/aromatic N) is 2. The van der Waals surface area contributed by atoms with E-state index in [1.807, 2.05) is 60.9 Å². The van der Waals surface area contributed by atoms with Gasteiger partial charge in [-0.3, -0.25) is 9.59 Å². The summed E-state index contributed by atoms with van der Waals surface area (Å²) in [5, 5.41) is 11.8. The average molecular weight is 490 g/mol. The van der Waals surface area contributed by atoms with Crippen LogP contribution in [0.3, 0.4) is 0 Å². The SMILES string of the molecule is CN(CC(=O)O)c1ccc(/C=C/c2cc[n+](CCCC(=O)NCCSSCCN)cc2)cc1. The van der Waals surface area contributed by atoms with Crippen LogP contribution in [0.1, 0.15) is 24.0 Å². The summed E-state index contributed by atoms with van der Waals surface area (Å²) in [5.41, 5.74) is 8.43. The minimum Gasteiger partial charge on any atom is -0.480 e. The van der Waals surface area contributed by atoms with Gasteiger partial charge in [0.05, 0.1) is 0 Å². The van der Waals surface area contributed by atoms with Crippen molar-refractivity contribution >= 4 is 51.3 Å². The number of benzene rings is 1. The van der Waals surface area contributed by atoms with E-state index in [2.05, 4.69) is 9.88 Å². The molecule has 33 heavy (non-hydrogen) atoms. The van der Waals surface area contributed by atoms with E-state index in [-0.39, 0.29) is 12.5 Å².